The van der Waals surface area contributed by atoms with E-state index in [0.717, 1.165) is 28.1 Å². The molecule has 0 spiro atoms. The van der Waals surface area contributed by atoms with Crippen molar-refractivity contribution < 1.29 is 4.79 Å². The van der Waals surface area contributed by atoms with Crippen LogP contribution in [0.1, 0.15) is 16.7 Å². The molecule has 0 radical (unpaired) electrons. The monoisotopic (exact) mass is 429 g/mol. The fourth-order valence-corrected chi connectivity index (χ4v) is 4.05. The average Bonchev–Trinajstić information content (AvgIpc) is 3.20. The number of hydrogen-bond acceptors (Lipinski definition) is 5. The van der Waals surface area contributed by atoms with Gasteiger partial charge in [-0.1, -0.05) is 47.7 Å². The summed E-state index contributed by atoms with van der Waals surface area (Å²) in [6.45, 7) is 6.03. The largest absolute Gasteiger partial charge is 0.325 e. The van der Waals surface area contributed by atoms with Crippen molar-refractivity contribution in [2.75, 3.05) is 11.1 Å². The quantitative estimate of drug-likeness (QED) is 0.437. The minimum absolute atomic E-state index is 0.0775. The van der Waals surface area contributed by atoms with Crippen molar-refractivity contribution in [2.45, 2.75) is 25.9 Å². The van der Waals surface area contributed by atoms with Gasteiger partial charge in [-0.25, -0.2) is 0 Å². The maximum atomic E-state index is 12.7. The molecule has 0 saturated heterocycles. The number of para-hydroxylation sites is 1. The number of hydrogen-bond donors (Lipinski definition) is 1. The summed E-state index contributed by atoms with van der Waals surface area (Å²) in [4.78, 5) is 16.8. The Kier molecular flexibility index (Phi) is 6.13. The second kappa shape index (κ2) is 9.14. The second-order valence-electron chi connectivity index (χ2n) is 7.32. The highest BCUT2D eigenvalue weighted by Crippen LogP contribution is 2.28. The molecule has 2 aromatic heterocycles. The number of amides is 1. The third-order valence-corrected chi connectivity index (χ3v) is 5.87. The van der Waals surface area contributed by atoms with Crippen LogP contribution in [0.2, 0.25) is 0 Å². The molecule has 0 saturated carbocycles. The summed E-state index contributed by atoms with van der Waals surface area (Å²) in [7, 11) is 0. The zero-order chi connectivity index (χ0) is 21.8. The Morgan fingerprint density at radius 1 is 0.935 bits per heavy atom. The Balaban J connectivity index is 1.60. The van der Waals surface area contributed by atoms with Gasteiger partial charge in [0.05, 0.1) is 5.75 Å². The highest BCUT2D eigenvalue weighted by atomic mass is 32.2. The first-order valence-electron chi connectivity index (χ1n) is 9.94. The van der Waals surface area contributed by atoms with Gasteiger partial charge < -0.3 is 5.32 Å². The minimum Gasteiger partial charge on any atom is -0.325 e. The summed E-state index contributed by atoms with van der Waals surface area (Å²) in [6.07, 6.45) is 3.46. The number of anilines is 1. The molecule has 0 aliphatic heterocycles. The van der Waals surface area contributed by atoms with Crippen LogP contribution in [-0.4, -0.2) is 31.4 Å². The first-order valence-corrected chi connectivity index (χ1v) is 10.9. The Morgan fingerprint density at radius 3 is 2.29 bits per heavy atom. The SMILES string of the molecule is Cc1ccc(-n2c(SCC(=O)Nc3c(C)cccc3C)nnc2-c2ccncc2)cc1. The van der Waals surface area contributed by atoms with Crippen LogP contribution in [0.15, 0.2) is 72.1 Å². The number of nitrogens with zero attached hydrogens (tertiary/aromatic N) is 4. The van der Waals surface area contributed by atoms with E-state index in [2.05, 4.69) is 20.5 Å². The molecule has 0 bridgehead atoms. The van der Waals surface area contributed by atoms with E-state index in [-0.39, 0.29) is 11.7 Å². The van der Waals surface area contributed by atoms with Crippen LogP contribution >= 0.6 is 11.8 Å². The highest BCUT2D eigenvalue weighted by molar-refractivity contribution is 7.99. The smallest absolute Gasteiger partial charge is 0.234 e. The molecule has 6 nitrogen and oxygen atoms in total. The number of nitrogens with one attached hydrogen (secondary N) is 1. The predicted molar refractivity (Wildman–Crippen MR) is 125 cm³/mol. The van der Waals surface area contributed by atoms with Gasteiger partial charge in [0.25, 0.3) is 0 Å². The van der Waals surface area contributed by atoms with Crippen LogP contribution in [0.25, 0.3) is 17.1 Å². The van der Waals surface area contributed by atoms with Crippen molar-refractivity contribution in [1.29, 1.82) is 0 Å². The van der Waals surface area contributed by atoms with Crippen LogP contribution in [0.4, 0.5) is 5.69 Å². The van der Waals surface area contributed by atoms with E-state index < -0.39 is 0 Å². The predicted octanol–water partition coefficient (Wildman–Crippen LogP) is 4.99. The van der Waals surface area contributed by atoms with Crippen LogP contribution in [0.5, 0.6) is 0 Å². The summed E-state index contributed by atoms with van der Waals surface area (Å²) in [5.74, 6) is 0.865. The van der Waals surface area contributed by atoms with E-state index in [9.17, 15) is 4.79 Å². The molecule has 4 rings (SSSR count). The third-order valence-electron chi connectivity index (χ3n) is 4.94. The van der Waals surface area contributed by atoms with Crippen LogP contribution in [0.3, 0.4) is 0 Å². The molecule has 0 fully saturated rings. The molecule has 1 N–H and O–H groups in total. The van der Waals surface area contributed by atoms with Crippen molar-refractivity contribution in [3.8, 4) is 17.1 Å². The zero-order valence-electron chi connectivity index (χ0n) is 17.7. The number of pyridine rings is 1. The lowest BCUT2D eigenvalue weighted by molar-refractivity contribution is -0.113. The highest BCUT2D eigenvalue weighted by Gasteiger charge is 2.17. The average molecular weight is 430 g/mol. The third kappa shape index (κ3) is 4.67. The Bertz CT molecular complexity index is 1180. The van der Waals surface area contributed by atoms with Gasteiger partial charge in [0.1, 0.15) is 0 Å². The number of benzene rings is 2. The van der Waals surface area contributed by atoms with Gasteiger partial charge in [-0.3, -0.25) is 14.3 Å². The van der Waals surface area contributed by atoms with Gasteiger partial charge in [0, 0.05) is 29.3 Å². The van der Waals surface area contributed by atoms with Crippen molar-refractivity contribution in [3.63, 3.8) is 0 Å². The topological polar surface area (TPSA) is 72.7 Å². The van der Waals surface area contributed by atoms with Gasteiger partial charge in [-0.15, -0.1) is 10.2 Å². The number of carbonyl (C=O) groups is 1. The first kappa shape index (κ1) is 20.8. The fourth-order valence-electron chi connectivity index (χ4n) is 3.30. The lowest BCUT2D eigenvalue weighted by Gasteiger charge is -2.12. The number of aryl methyl sites for hydroxylation is 3. The first-order chi connectivity index (χ1) is 15.0. The maximum Gasteiger partial charge on any atom is 0.234 e. The van der Waals surface area contributed by atoms with Crippen LogP contribution in [-0.2, 0) is 4.79 Å². The van der Waals surface area contributed by atoms with Crippen molar-refractivity contribution in [3.05, 3.63) is 83.7 Å². The van der Waals surface area contributed by atoms with Gasteiger partial charge in [-0.05, 0) is 56.2 Å². The summed E-state index contributed by atoms with van der Waals surface area (Å²) >= 11 is 1.36. The molecule has 4 aromatic rings. The number of thioether (sulfide) groups is 1. The molecule has 0 unspecified atom stereocenters. The summed E-state index contributed by atoms with van der Waals surface area (Å²) in [5, 5.41) is 12.5. The number of aromatic nitrogens is 4. The normalized spacial score (nSPS) is 10.8. The molecule has 31 heavy (non-hydrogen) atoms. The molecule has 2 heterocycles. The van der Waals surface area contributed by atoms with Crippen LogP contribution in [0, 0.1) is 20.8 Å². The van der Waals surface area contributed by atoms with Crippen molar-refractivity contribution in [2.24, 2.45) is 0 Å². The van der Waals surface area contributed by atoms with E-state index in [1.165, 1.54) is 17.3 Å². The standard InChI is InChI=1S/C24H23N5OS/c1-16-7-9-20(10-8-16)29-23(19-11-13-25-14-12-19)27-28-24(29)31-15-21(30)26-22-17(2)5-4-6-18(22)3/h4-14H,15H2,1-3H3,(H,26,30). The fraction of sp³-hybridized carbons (Fsp3) is 0.167. The van der Waals surface area contributed by atoms with E-state index in [4.69, 9.17) is 0 Å². The molecule has 156 valence electrons. The van der Waals surface area contributed by atoms with Gasteiger partial charge in [0.2, 0.25) is 5.91 Å². The molecule has 0 aliphatic carbocycles. The lowest BCUT2D eigenvalue weighted by Crippen LogP contribution is -2.16. The van der Waals surface area contributed by atoms with Crippen LogP contribution < -0.4 is 5.32 Å². The van der Waals surface area contributed by atoms with Gasteiger partial charge >= 0.3 is 0 Å². The van der Waals surface area contributed by atoms with Gasteiger partial charge in [0.15, 0.2) is 11.0 Å². The summed E-state index contributed by atoms with van der Waals surface area (Å²) in [6, 6.07) is 17.9. The van der Waals surface area contributed by atoms with Crippen molar-refractivity contribution >= 4 is 23.4 Å². The molecule has 2 aromatic carbocycles. The van der Waals surface area contributed by atoms with Gasteiger partial charge in [-0.2, -0.15) is 0 Å². The Labute approximate surface area is 185 Å². The summed E-state index contributed by atoms with van der Waals surface area (Å²) < 4.78 is 1.98. The molecule has 0 aliphatic rings. The summed E-state index contributed by atoms with van der Waals surface area (Å²) in [5.41, 5.74) is 5.98. The van der Waals surface area contributed by atoms with E-state index in [0.29, 0.717) is 11.0 Å². The Hall–Kier alpha value is -3.45. The maximum absolute atomic E-state index is 12.7. The van der Waals surface area contributed by atoms with E-state index in [1.54, 1.807) is 12.4 Å². The van der Waals surface area contributed by atoms with E-state index >= 15 is 0 Å². The molecule has 1 amide bonds. The molecular formula is C24H23N5OS. The number of carbonyl (C=O) groups excluding carboxylic acids is 1. The molecule has 7 heteroatoms. The molecular weight excluding hydrogens is 406 g/mol. The minimum atomic E-state index is -0.0775. The van der Waals surface area contributed by atoms with E-state index in [1.807, 2.05) is 79.9 Å². The zero-order valence-corrected chi connectivity index (χ0v) is 18.5. The molecule has 0 atom stereocenters. The Morgan fingerprint density at radius 2 is 1.61 bits per heavy atom. The second-order valence-corrected chi connectivity index (χ2v) is 8.26. The number of rotatable bonds is 6. The lowest BCUT2D eigenvalue weighted by atomic mass is 10.1. The van der Waals surface area contributed by atoms with Crippen molar-refractivity contribution in [1.82, 2.24) is 19.7 Å².